The molecule has 0 aliphatic carbocycles. The average molecular weight is 496 g/mol. The Hall–Kier alpha value is -1.96. The molecule has 0 bridgehead atoms. The SMILES string of the molecule is CCCN1C(=O)/C(=C/c2cc(Br)c(OC)cc2OC)SC1=Nc1ccc(Cl)cc1. The summed E-state index contributed by atoms with van der Waals surface area (Å²) in [6, 6.07) is 10.9. The monoisotopic (exact) mass is 494 g/mol. The van der Waals surface area contributed by atoms with Gasteiger partial charge >= 0.3 is 0 Å². The lowest BCUT2D eigenvalue weighted by atomic mass is 10.1. The van der Waals surface area contributed by atoms with Crippen molar-refractivity contribution in [2.75, 3.05) is 20.8 Å². The largest absolute Gasteiger partial charge is 0.496 e. The minimum absolute atomic E-state index is 0.0708. The molecule has 152 valence electrons. The molecule has 0 unspecified atom stereocenters. The van der Waals surface area contributed by atoms with Crippen LogP contribution < -0.4 is 9.47 Å². The number of nitrogens with zero attached hydrogens (tertiary/aromatic N) is 2. The van der Waals surface area contributed by atoms with E-state index in [1.54, 1.807) is 37.3 Å². The fourth-order valence-corrected chi connectivity index (χ4v) is 4.44. The molecule has 1 heterocycles. The first-order chi connectivity index (χ1) is 14.0. The Morgan fingerprint density at radius 2 is 1.86 bits per heavy atom. The molecule has 1 aliphatic heterocycles. The van der Waals surface area contributed by atoms with Crippen LogP contribution in [0.2, 0.25) is 5.02 Å². The molecule has 0 spiro atoms. The maximum atomic E-state index is 13.0. The Labute approximate surface area is 187 Å². The van der Waals surface area contributed by atoms with Crippen LogP contribution >= 0.6 is 39.3 Å². The predicted octanol–water partition coefficient (Wildman–Crippen LogP) is 6.13. The number of amidine groups is 1. The van der Waals surface area contributed by atoms with E-state index in [1.165, 1.54) is 11.8 Å². The van der Waals surface area contributed by atoms with Crippen molar-refractivity contribution in [3.8, 4) is 11.5 Å². The Morgan fingerprint density at radius 3 is 2.48 bits per heavy atom. The second kappa shape index (κ2) is 9.69. The van der Waals surface area contributed by atoms with E-state index >= 15 is 0 Å². The van der Waals surface area contributed by atoms with Gasteiger partial charge in [0.2, 0.25) is 0 Å². The molecule has 0 radical (unpaired) electrons. The number of carbonyl (C=O) groups is 1. The lowest BCUT2D eigenvalue weighted by Crippen LogP contribution is -2.29. The number of hydrogen-bond acceptors (Lipinski definition) is 5. The van der Waals surface area contributed by atoms with Crippen molar-refractivity contribution in [1.29, 1.82) is 0 Å². The summed E-state index contributed by atoms with van der Waals surface area (Å²) in [5.74, 6) is 1.21. The number of amides is 1. The van der Waals surface area contributed by atoms with Gasteiger partial charge in [-0.2, -0.15) is 0 Å². The van der Waals surface area contributed by atoms with Crippen molar-refractivity contribution in [1.82, 2.24) is 4.90 Å². The highest BCUT2D eigenvalue weighted by atomic mass is 79.9. The number of aliphatic imine (C=N–C) groups is 1. The molecule has 5 nitrogen and oxygen atoms in total. The second-order valence-electron chi connectivity index (χ2n) is 6.17. The van der Waals surface area contributed by atoms with Crippen LogP contribution in [0, 0.1) is 0 Å². The summed E-state index contributed by atoms with van der Waals surface area (Å²) in [7, 11) is 3.18. The predicted molar refractivity (Wildman–Crippen MR) is 123 cm³/mol. The van der Waals surface area contributed by atoms with Gasteiger partial charge in [-0.25, -0.2) is 4.99 Å². The van der Waals surface area contributed by atoms with Gasteiger partial charge in [-0.15, -0.1) is 0 Å². The van der Waals surface area contributed by atoms with Crippen LogP contribution in [0.3, 0.4) is 0 Å². The Morgan fingerprint density at radius 1 is 1.17 bits per heavy atom. The lowest BCUT2D eigenvalue weighted by Gasteiger charge is -2.14. The molecule has 0 aromatic heterocycles. The molecule has 1 amide bonds. The molecule has 0 atom stereocenters. The molecule has 0 saturated carbocycles. The maximum Gasteiger partial charge on any atom is 0.266 e. The average Bonchev–Trinajstić information content (AvgIpc) is 2.99. The van der Waals surface area contributed by atoms with Gasteiger partial charge in [-0.05, 0) is 70.5 Å². The molecular formula is C21H20BrClN2O3S. The minimum atomic E-state index is -0.0708. The highest BCUT2D eigenvalue weighted by molar-refractivity contribution is 9.10. The molecule has 29 heavy (non-hydrogen) atoms. The number of carbonyl (C=O) groups excluding carboxylic acids is 1. The van der Waals surface area contributed by atoms with E-state index in [1.807, 2.05) is 31.2 Å². The van der Waals surface area contributed by atoms with Gasteiger partial charge < -0.3 is 9.47 Å². The molecule has 0 N–H and O–H groups in total. The van der Waals surface area contributed by atoms with E-state index in [0.29, 0.717) is 33.1 Å². The van der Waals surface area contributed by atoms with Crippen LogP contribution in [0.1, 0.15) is 18.9 Å². The highest BCUT2D eigenvalue weighted by Gasteiger charge is 2.33. The zero-order valence-electron chi connectivity index (χ0n) is 16.2. The van der Waals surface area contributed by atoms with Crippen molar-refractivity contribution in [2.24, 2.45) is 4.99 Å². The number of thioether (sulfide) groups is 1. The van der Waals surface area contributed by atoms with Crippen LogP contribution in [0.4, 0.5) is 5.69 Å². The zero-order chi connectivity index (χ0) is 21.0. The fraction of sp³-hybridized carbons (Fsp3) is 0.238. The van der Waals surface area contributed by atoms with Crippen LogP contribution in [-0.2, 0) is 4.79 Å². The summed E-state index contributed by atoms with van der Waals surface area (Å²) in [5, 5.41) is 1.30. The van der Waals surface area contributed by atoms with Crippen molar-refractivity contribution in [2.45, 2.75) is 13.3 Å². The smallest absolute Gasteiger partial charge is 0.266 e. The van der Waals surface area contributed by atoms with E-state index in [9.17, 15) is 4.79 Å². The molecule has 1 aliphatic rings. The Balaban J connectivity index is 1.99. The fourth-order valence-electron chi connectivity index (χ4n) is 2.78. The van der Waals surface area contributed by atoms with Crippen molar-refractivity contribution < 1.29 is 14.3 Å². The third-order valence-corrected chi connectivity index (χ3v) is 6.06. The number of benzene rings is 2. The topological polar surface area (TPSA) is 51.1 Å². The van der Waals surface area contributed by atoms with Gasteiger partial charge in [-0.1, -0.05) is 18.5 Å². The zero-order valence-corrected chi connectivity index (χ0v) is 19.4. The van der Waals surface area contributed by atoms with Crippen LogP contribution in [0.15, 0.2) is 50.8 Å². The number of halogens is 2. The highest BCUT2D eigenvalue weighted by Crippen LogP contribution is 2.38. The summed E-state index contributed by atoms with van der Waals surface area (Å²) >= 11 is 10.8. The number of rotatable bonds is 6. The van der Waals surface area contributed by atoms with Crippen molar-refractivity contribution in [3.05, 3.63) is 56.4 Å². The van der Waals surface area contributed by atoms with Crippen molar-refractivity contribution in [3.63, 3.8) is 0 Å². The molecule has 2 aromatic rings. The third-order valence-electron chi connectivity index (χ3n) is 4.18. The minimum Gasteiger partial charge on any atom is -0.496 e. The van der Waals surface area contributed by atoms with E-state index < -0.39 is 0 Å². The Bertz CT molecular complexity index is 977. The van der Waals surface area contributed by atoms with Crippen LogP contribution in [-0.4, -0.2) is 36.7 Å². The summed E-state index contributed by atoms with van der Waals surface area (Å²) in [6.45, 7) is 2.63. The normalized spacial score (nSPS) is 16.7. The summed E-state index contributed by atoms with van der Waals surface area (Å²) in [5.41, 5.74) is 1.53. The standard InChI is InChI=1S/C21H20BrClN2O3S/c1-4-9-25-20(26)19(29-21(25)24-15-7-5-14(23)6-8-15)11-13-10-16(22)18(28-3)12-17(13)27-2/h5-8,10-12H,4,9H2,1-3H3/b19-11-,24-21?. The van der Waals surface area contributed by atoms with Gasteiger partial charge in [-0.3, -0.25) is 9.69 Å². The molecule has 1 fully saturated rings. The van der Waals surface area contributed by atoms with Crippen molar-refractivity contribution >= 4 is 62.1 Å². The first-order valence-corrected chi connectivity index (χ1v) is 10.9. The number of methoxy groups -OCH3 is 2. The summed E-state index contributed by atoms with van der Waals surface area (Å²) < 4.78 is 11.6. The van der Waals surface area contributed by atoms with Gasteiger partial charge in [0.25, 0.3) is 5.91 Å². The van der Waals surface area contributed by atoms with Gasteiger partial charge in [0.15, 0.2) is 5.17 Å². The molecule has 8 heteroatoms. The quantitative estimate of drug-likeness (QED) is 0.452. The van der Waals surface area contributed by atoms with Crippen LogP contribution in [0.5, 0.6) is 11.5 Å². The van der Waals surface area contributed by atoms with Gasteiger partial charge in [0.1, 0.15) is 11.5 Å². The van der Waals surface area contributed by atoms with E-state index in [0.717, 1.165) is 22.1 Å². The maximum absolute atomic E-state index is 13.0. The third kappa shape index (κ3) is 4.97. The van der Waals surface area contributed by atoms with E-state index in [4.69, 9.17) is 21.1 Å². The molecule has 3 rings (SSSR count). The summed E-state index contributed by atoms with van der Waals surface area (Å²) in [6.07, 6.45) is 2.65. The molecule has 2 aromatic carbocycles. The van der Waals surface area contributed by atoms with E-state index in [-0.39, 0.29) is 5.91 Å². The van der Waals surface area contributed by atoms with Gasteiger partial charge in [0.05, 0.1) is 29.3 Å². The number of ether oxygens (including phenoxy) is 2. The number of hydrogen-bond donors (Lipinski definition) is 0. The first kappa shape index (κ1) is 21.7. The lowest BCUT2D eigenvalue weighted by molar-refractivity contribution is -0.122. The first-order valence-electron chi connectivity index (χ1n) is 8.94. The Kier molecular flexibility index (Phi) is 7.27. The van der Waals surface area contributed by atoms with E-state index in [2.05, 4.69) is 20.9 Å². The molecular weight excluding hydrogens is 476 g/mol. The van der Waals surface area contributed by atoms with Crippen LogP contribution in [0.25, 0.3) is 6.08 Å². The molecule has 1 saturated heterocycles. The summed E-state index contributed by atoms with van der Waals surface area (Å²) in [4.78, 5) is 20.0. The van der Waals surface area contributed by atoms with Gasteiger partial charge in [0, 0.05) is 23.2 Å². The second-order valence-corrected chi connectivity index (χ2v) is 8.47.